The number of β-amino-alcohol motifs (C(OH)–C–C–N with tert-alkyl or cyclic N) is 1. The van der Waals surface area contributed by atoms with Crippen LogP contribution in [0.25, 0.3) is 6.08 Å². The van der Waals surface area contributed by atoms with Crippen molar-refractivity contribution >= 4 is 6.08 Å². The van der Waals surface area contributed by atoms with Gasteiger partial charge >= 0.3 is 0 Å². The van der Waals surface area contributed by atoms with Gasteiger partial charge in [0.25, 0.3) is 0 Å². The first-order valence-electron chi connectivity index (χ1n) is 6.84. The fourth-order valence-corrected chi connectivity index (χ4v) is 2.51. The quantitative estimate of drug-likeness (QED) is 0.608. The van der Waals surface area contributed by atoms with E-state index in [0.29, 0.717) is 12.1 Å². The summed E-state index contributed by atoms with van der Waals surface area (Å²) in [6.45, 7) is 0.115. The van der Waals surface area contributed by atoms with E-state index in [-0.39, 0.29) is 19.0 Å². The zero-order chi connectivity index (χ0) is 15.4. The average molecular weight is 297 g/mol. The van der Waals surface area contributed by atoms with E-state index in [1.807, 2.05) is 0 Å². The number of hydrogen-bond donors (Lipinski definition) is 4. The largest absolute Gasteiger partial charge is 0.395 e. The first kappa shape index (κ1) is 16.1. The van der Waals surface area contributed by atoms with Crippen molar-refractivity contribution in [3.05, 3.63) is 41.7 Å². The van der Waals surface area contributed by atoms with E-state index < -0.39 is 24.4 Å². The van der Waals surface area contributed by atoms with Crippen LogP contribution >= 0.6 is 0 Å². The summed E-state index contributed by atoms with van der Waals surface area (Å²) in [6.07, 6.45) is -0.273. The van der Waals surface area contributed by atoms with Gasteiger partial charge in [0.1, 0.15) is 18.0 Å². The van der Waals surface area contributed by atoms with Crippen molar-refractivity contribution in [3.8, 4) is 0 Å². The highest BCUT2D eigenvalue weighted by Gasteiger charge is 2.40. The van der Waals surface area contributed by atoms with Gasteiger partial charge in [-0.1, -0.05) is 30.4 Å². The van der Waals surface area contributed by atoms with Crippen LogP contribution in [0.5, 0.6) is 0 Å². The fraction of sp³-hybridized carbons (Fsp3) is 0.467. The lowest BCUT2D eigenvalue weighted by molar-refractivity contribution is -0.142. The lowest BCUT2D eigenvalue weighted by Gasteiger charge is -2.42. The molecule has 0 unspecified atom stereocenters. The van der Waals surface area contributed by atoms with E-state index in [1.165, 1.54) is 6.07 Å². The molecule has 0 amide bonds. The molecule has 1 aliphatic heterocycles. The molecule has 116 valence electrons. The molecule has 0 aromatic heterocycles. The molecular formula is C15H20FNO4. The number of rotatable bonds is 4. The standard InChI is InChI=1S/C15H20FNO4/c16-11-6-2-1-4-10(11)5-3-7-17-8-13(19)15(21)14(20)12(17)9-18/h1-6,12-15,18-21H,7-9H2/b5-3+/t12-,13+,14-,15-/m1/s1. The van der Waals surface area contributed by atoms with Gasteiger partial charge in [0.2, 0.25) is 0 Å². The molecule has 1 saturated heterocycles. The number of piperidine rings is 1. The summed E-state index contributed by atoms with van der Waals surface area (Å²) in [5.74, 6) is -0.332. The molecule has 21 heavy (non-hydrogen) atoms. The number of aliphatic hydroxyl groups is 4. The molecule has 1 aromatic rings. The van der Waals surface area contributed by atoms with Crippen LogP contribution in [0.15, 0.2) is 30.3 Å². The number of likely N-dealkylation sites (tertiary alicyclic amines) is 1. The molecular weight excluding hydrogens is 277 g/mol. The van der Waals surface area contributed by atoms with Crippen LogP contribution in [0, 0.1) is 5.82 Å². The highest BCUT2D eigenvalue weighted by molar-refractivity contribution is 5.49. The Hall–Kier alpha value is -1.31. The van der Waals surface area contributed by atoms with Crippen LogP contribution in [-0.2, 0) is 0 Å². The Morgan fingerprint density at radius 3 is 2.57 bits per heavy atom. The number of nitrogens with zero attached hydrogens (tertiary/aromatic N) is 1. The zero-order valence-electron chi connectivity index (χ0n) is 11.5. The van der Waals surface area contributed by atoms with Gasteiger partial charge in [-0.05, 0) is 6.07 Å². The Morgan fingerprint density at radius 2 is 1.90 bits per heavy atom. The highest BCUT2D eigenvalue weighted by Crippen LogP contribution is 2.19. The fourth-order valence-electron chi connectivity index (χ4n) is 2.51. The average Bonchev–Trinajstić information content (AvgIpc) is 2.47. The number of benzene rings is 1. The smallest absolute Gasteiger partial charge is 0.130 e. The van der Waals surface area contributed by atoms with Crippen molar-refractivity contribution in [1.29, 1.82) is 0 Å². The van der Waals surface area contributed by atoms with Crippen LogP contribution < -0.4 is 0 Å². The van der Waals surface area contributed by atoms with E-state index in [1.54, 1.807) is 35.3 Å². The SMILES string of the molecule is OC[C@@H]1[C@@H](O)[C@H](O)[C@@H](O)CN1C/C=C/c1ccccc1F. The second-order valence-corrected chi connectivity index (χ2v) is 5.18. The molecule has 0 bridgehead atoms. The van der Waals surface area contributed by atoms with Crippen LogP contribution in [0.1, 0.15) is 5.56 Å². The minimum absolute atomic E-state index is 0.130. The molecule has 1 fully saturated rings. The van der Waals surface area contributed by atoms with Gasteiger partial charge in [-0.2, -0.15) is 0 Å². The molecule has 0 radical (unpaired) electrons. The predicted octanol–water partition coefficient (Wildman–Crippen LogP) is -0.402. The monoisotopic (exact) mass is 297 g/mol. The maximum Gasteiger partial charge on any atom is 0.130 e. The molecule has 4 N–H and O–H groups in total. The van der Waals surface area contributed by atoms with Crippen molar-refractivity contribution < 1.29 is 24.8 Å². The lowest BCUT2D eigenvalue weighted by atomic mass is 9.94. The minimum atomic E-state index is -1.27. The number of aliphatic hydroxyl groups excluding tert-OH is 4. The van der Waals surface area contributed by atoms with Crippen LogP contribution in [0.2, 0.25) is 0 Å². The van der Waals surface area contributed by atoms with Gasteiger partial charge in [-0.25, -0.2) is 4.39 Å². The van der Waals surface area contributed by atoms with Gasteiger partial charge in [0, 0.05) is 18.7 Å². The third-order valence-electron chi connectivity index (χ3n) is 3.76. The maximum atomic E-state index is 13.5. The Morgan fingerprint density at radius 1 is 1.19 bits per heavy atom. The van der Waals surface area contributed by atoms with Crippen molar-refractivity contribution in [2.24, 2.45) is 0 Å². The van der Waals surface area contributed by atoms with Crippen LogP contribution in [-0.4, -0.2) is 69.4 Å². The van der Waals surface area contributed by atoms with Crippen LogP contribution in [0.4, 0.5) is 4.39 Å². The molecule has 0 saturated carbocycles. The second-order valence-electron chi connectivity index (χ2n) is 5.18. The van der Waals surface area contributed by atoms with Crippen molar-refractivity contribution in [2.75, 3.05) is 19.7 Å². The molecule has 4 atom stereocenters. The molecule has 1 aromatic carbocycles. The summed E-state index contributed by atoms with van der Waals surface area (Å²) in [5, 5.41) is 38.4. The topological polar surface area (TPSA) is 84.2 Å². The Bertz CT molecular complexity index is 496. The molecule has 0 spiro atoms. The summed E-state index contributed by atoms with van der Waals surface area (Å²) in [5.41, 5.74) is 0.441. The van der Waals surface area contributed by atoms with E-state index in [9.17, 15) is 24.8 Å². The summed E-state index contributed by atoms with van der Waals surface area (Å²) in [6, 6.07) is 5.67. The van der Waals surface area contributed by atoms with Gasteiger partial charge in [0.15, 0.2) is 0 Å². The lowest BCUT2D eigenvalue weighted by Crippen LogP contribution is -2.62. The van der Waals surface area contributed by atoms with E-state index in [2.05, 4.69) is 0 Å². The molecule has 6 heteroatoms. The predicted molar refractivity (Wildman–Crippen MR) is 75.9 cm³/mol. The molecule has 1 aliphatic rings. The molecule has 5 nitrogen and oxygen atoms in total. The van der Waals surface area contributed by atoms with E-state index in [0.717, 1.165) is 0 Å². The minimum Gasteiger partial charge on any atom is -0.395 e. The van der Waals surface area contributed by atoms with E-state index >= 15 is 0 Å². The van der Waals surface area contributed by atoms with Crippen molar-refractivity contribution in [3.63, 3.8) is 0 Å². The van der Waals surface area contributed by atoms with Crippen LogP contribution in [0.3, 0.4) is 0 Å². The van der Waals surface area contributed by atoms with Gasteiger partial charge in [-0.15, -0.1) is 0 Å². The first-order chi connectivity index (χ1) is 10.0. The second kappa shape index (κ2) is 7.11. The van der Waals surface area contributed by atoms with Gasteiger partial charge < -0.3 is 20.4 Å². The first-order valence-corrected chi connectivity index (χ1v) is 6.84. The highest BCUT2D eigenvalue weighted by atomic mass is 19.1. The summed E-state index contributed by atoms with van der Waals surface area (Å²) >= 11 is 0. The van der Waals surface area contributed by atoms with Crippen molar-refractivity contribution in [2.45, 2.75) is 24.4 Å². The normalized spacial score (nSPS) is 30.9. The third kappa shape index (κ3) is 3.66. The van der Waals surface area contributed by atoms with E-state index in [4.69, 9.17) is 0 Å². The summed E-state index contributed by atoms with van der Waals surface area (Å²) < 4.78 is 13.5. The maximum absolute atomic E-state index is 13.5. The molecule has 1 heterocycles. The zero-order valence-corrected chi connectivity index (χ0v) is 11.5. The Balaban J connectivity index is 2.03. The molecule has 2 rings (SSSR count). The summed E-state index contributed by atoms with van der Waals surface area (Å²) in [4.78, 5) is 1.65. The Kier molecular flexibility index (Phi) is 5.44. The number of hydrogen-bond acceptors (Lipinski definition) is 5. The number of halogens is 1. The molecule has 0 aliphatic carbocycles. The van der Waals surface area contributed by atoms with Crippen molar-refractivity contribution in [1.82, 2.24) is 4.90 Å². The Labute approximate surface area is 122 Å². The van der Waals surface area contributed by atoms with Gasteiger partial charge in [0.05, 0.1) is 18.8 Å². The third-order valence-corrected chi connectivity index (χ3v) is 3.76. The summed E-state index contributed by atoms with van der Waals surface area (Å²) in [7, 11) is 0. The van der Waals surface area contributed by atoms with Gasteiger partial charge in [-0.3, -0.25) is 4.90 Å².